The van der Waals surface area contributed by atoms with Crippen LogP contribution in [0.25, 0.3) is 10.8 Å². The fourth-order valence-corrected chi connectivity index (χ4v) is 3.80. The zero-order valence-electron chi connectivity index (χ0n) is 11.9. The second kappa shape index (κ2) is 4.95. The Morgan fingerprint density at radius 2 is 1.80 bits per heavy atom. The molecular formula is C17H18INO. The van der Waals surface area contributed by atoms with Crippen LogP contribution < -0.4 is 5.32 Å². The minimum absolute atomic E-state index is 0.386. The van der Waals surface area contributed by atoms with Crippen molar-refractivity contribution in [1.29, 1.82) is 0 Å². The van der Waals surface area contributed by atoms with Crippen LogP contribution in [-0.4, -0.2) is 0 Å². The molecule has 20 heavy (non-hydrogen) atoms. The van der Waals surface area contributed by atoms with E-state index in [2.05, 4.69) is 91.1 Å². The van der Waals surface area contributed by atoms with Gasteiger partial charge >= 0.3 is 0 Å². The molecule has 2 aromatic rings. The lowest BCUT2D eigenvalue weighted by atomic mass is 10.0. The molecule has 3 rings (SSSR count). The van der Waals surface area contributed by atoms with Crippen LogP contribution in [0.15, 0.2) is 51.9 Å². The van der Waals surface area contributed by atoms with Crippen LogP contribution in [-0.2, 0) is 10.5 Å². The first-order valence-corrected chi connectivity index (χ1v) is 7.93. The third-order valence-corrected chi connectivity index (χ3v) is 4.50. The number of fused-ring (bicyclic) bond motifs is 1. The molecule has 3 heteroatoms. The number of allylic oxidation sites excluding steroid dienone is 1. The van der Waals surface area contributed by atoms with E-state index in [1.54, 1.807) is 0 Å². The smallest absolute Gasteiger partial charge is 0.204 e. The zero-order chi connectivity index (χ0) is 14.3. The summed E-state index contributed by atoms with van der Waals surface area (Å²) in [5.41, 5.74) is 0.682. The van der Waals surface area contributed by atoms with E-state index in [1.807, 2.05) is 0 Å². The number of hydrogen-bond donors (Lipinski definition) is 1. The van der Waals surface area contributed by atoms with Crippen molar-refractivity contribution in [2.45, 2.75) is 26.5 Å². The van der Waals surface area contributed by atoms with Crippen molar-refractivity contribution < 1.29 is 4.74 Å². The van der Waals surface area contributed by atoms with E-state index in [0.717, 1.165) is 15.0 Å². The lowest BCUT2D eigenvalue weighted by Gasteiger charge is -2.27. The minimum atomic E-state index is -0.472. The molecule has 1 atom stereocenters. The third kappa shape index (κ3) is 2.28. The van der Waals surface area contributed by atoms with Crippen molar-refractivity contribution in [2.24, 2.45) is 5.92 Å². The molecule has 0 aromatic heterocycles. The molecular weight excluding hydrogens is 361 g/mol. The normalized spacial score (nSPS) is 22.2. The Kier molecular flexibility index (Phi) is 3.40. The van der Waals surface area contributed by atoms with Crippen molar-refractivity contribution >= 4 is 33.4 Å². The van der Waals surface area contributed by atoms with Crippen LogP contribution in [0, 0.1) is 5.92 Å². The third-order valence-electron chi connectivity index (χ3n) is 3.70. The fraction of sp³-hybridized carbons (Fsp3) is 0.294. The van der Waals surface area contributed by atoms with Crippen molar-refractivity contribution in [3.63, 3.8) is 0 Å². The van der Waals surface area contributed by atoms with E-state index in [1.165, 1.54) is 10.8 Å². The molecule has 0 amide bonds. The Hall–Kier alpha value is -1.23. The average Bonchev–Trinajstić information content (AvgIpc) is 2.75. The van der Waals surface area contributed by atoms with Crippen molar-refractivity contribution in [2.75, 3.05) is 0 Å². The number of hydrogen-bond acceptors (Lipinski definition) is 2. The Morgan fingerprint density at radius 3 is 2.45 bits per heavy atom. The molecule has 0 radical (unpaired) electrons. The summed E-state index contributed by atoms with van der Waals surface area (Å²) in [5, 5.41) is 5.98. The quantitative estimate of drug-likeness (QED) is 0.593. The number of ether oxygens (including phenoxy) is 1. The molecule has 2 aromatic carbocycles. The monoisotopic (exact) mass is 379 g/mol. The van der Waals surface area contributed by atoms with Crippen LogP contribution in [0.1, 0.15) is 26.3 Å². The van der Waals surface area contributed by atoms with Gasteiger partial charge in [0.25, 0.3) is 0 Å². The highest BCUT2D eigenvalue weighted by molar-refractivity contribution is 14.1. The maximum Gasteiger partial charge on any atom is 0.204 e. The average molecular weight is 379 g/mol. The second-order valence-electron chi connectivity index (χ2n) is 5.66. The van der Waals surface area contributed by atoms with Crippen molar-refractivity contribution in [3.05, 3.63) is 57.5 Å². The number of rotatable bonds is 2. The summed E-state index contributed by atoms with van der Waals surface area (Å²) in [4.78, 5) is 0. The molecule has 0 bridgehead atoms. The van der Waals surface area contributed by atoms with Gasteiger partial charge in [0, 0.05) is 11.5 Å². The number of nitrogens with one attached hydrogen (secondary N) is 1. The van der Waals surface area contributed by atoms with Gasteiger partial charge in [-0.2, -0.15) is 0 Å². The van der Waals surface area contributed by atoms with E-state index in [-0.39, 0.29) is 0 Å². The first-order chi connectivity index (χ1) is 9.49. The summed E-state index contributed by atoms with van der Waals surface area (Å²) in [7, 11) is 0. The summed E-state index contributed by atoms with van der Waals surface area (Å²) in [6.07, 6.45) is 0. The maximum atomic E-state index is 6.22. The molecule has 0 aliphatic carbocycles. The predicted molar refractivity (Wildman–Crippen MR) is 91.4 cm³/mol. The van der Waals surface area contributed by atoms with E-state index in [0.29, 0.717) is 5.92 Å². The largest absolute Gasteiger partial charge is 0.466 e. The molecule has 2 nitrogen and oxygen atoms in total. The molecule has 1 unspecified atom stereocenters. The highest BCUT2D eigenvalue weighted by Crippen LogP contribution is 2.38. The summed E-state index contributed by atoms with van der Waals surface area (Å²) in [6.45, 7) is 6.40. The van der Waals surface area contributed by atoms with Gasteiger partial charge in [-0.3, -0.25) is 0 Å². The van der Waals surface area contributed by atoms with E-state index in [4.69, 9.17) is 4.74 Å². The van der Waals surface area contributed by atoms with Gasteiger partial charge in [0.05, 0.1) is 0 Å². The van der Waals surface area contributed by atoms with Crippen LogP contribution >= 0.6 is 22.6 Å². The van der Waals surface area contributed by atoms with Gasteiger partial charge in [-0.1, -0.05) is 50.2 Å². The minimum Gasteiger partial charge on any atom is -0.466 e. The van der Waals surface area contributed by atoms with Gasteiger partial charge in [0.2, 0.25) is 5.72 Å². The standard InChI is InChI=1S/C17H18INO/c1-11(2)15-16(18)19-17(3,20-15)14-9-8-12-6-4-5-7-13(12)10-14/h4-11,19H,1-3H3. The molecule has 104 valence electrons. The van der Waals surface area contributed by atoms with E-state index < -0.39 is 5.72 Å². The second-order valence-corrected chi connectivity index (χ2v) is 6.73. The Balaban J connectivity index is 2.00. The summed E-state index contributed by atoms with van der Waals surface area (Å²) < 4.78 is 7.32. The Morgan fingerprint density at radius 1 is 1.10 bits per heavy atom. The fourth-order valence-electron chi connectivity index (χ4n) is 2.55. The first-order valence-electron chi connectivity index (χ1n) is 6.86. The first kappa shape index (κ1) is 13.7. The molecule has 1 aliphatic heterocycles. The van der Waals surface area contributed by atoms with Crippen molar-refractivity contribution in [1.82, 2.24) is 5.32 Å². The van der Waals surface area contributed by atoms with Gasteiger partial charge in [0.1, 0.15) is 9.46 Å². The van der Waals surface area contributed by atoms with Crippen LogP contribution in [0.3, 0.4) is 0 Å². The zero-order valence-corrected chi connectivity index (χ0v) is 14.1. The van der Waals surface area contributed by atoms with Gasteiger partial charge in [-0.05, 0) is 46.4 Å². The molecule has 0 saturated heterocycles. The van der Waals surface area contributed by atoms with Crippen LogP contribution in [0.4, 0.5) is 0 Å². The molecule has 0 fully saturated rings. The Bertz CT molecular complexity index is 692. The predicted octanol–water partition coefficient (Wildman–Crippen LogP) is 4.89. The molecule has 1 N–H and O–H groups in total. The van der Waals surface area contributed by atoms with Crippen LogP contribution in [0.5, 0.6) is 0 Å². The number of benzene rings is 2. The number of halogens is 1. The summed E-state index contributed by atoms with van der Waals surface area (Å²) >= 11 is 2.32. The summed E-state index contributed by atoms with van der Waals surface area (Å²) in [5.74, 6) is 1.43. The molecule has 0 saturated carbocycles. The lowest BCUT2D eigenvalue weighted by Crippen LogP contribution is -2.35. The molecule has 0 spiro atoms. The molecule has 1 heterocycles. The van der Waals surface area contributed by atoms with Gasteiger partial charge < -0.3 is 10.1 Å². The van der Waals surface area contributed by atoms with E-state index in [9.17, 15) is 0 Å². The highest BCUT2D eigenvalue weighted by Gasteiger charge is 2.37. The Labute approximate surface area is 133 Å². The highest BCUT2D eigenvalue weighted by atomic mass is 127. The maximum absolute atomic E-state index is 6.22. The van der Waals surface area contributed by atoms with Crippen molar-refractivity contribution in [3.8, 4) is 0 Å². The molecule has 1 aliphatic rings. The summed E-state index contributed by atoms with van der Waals surface area (Å²) in [6, 6.07) is 14.9. The van der Waals surface area contributed by atoms with Gasteiger partial charge in [0.15, 0.2) is 0 Å². The topological polar surface area (TPSA) is 21.3 Å². The SMILES string of the molecule is CC(C)C1=C(I)NC(C)(c2ccc3ccccc3c2)O1. The van der Waals surface area contributed by atoms with Gasteiger partial charge in [-0.25, -0.2) is 0 Å². The van der Waals surface area contributed by atoms with E-state index >= 15 is 0 Å². The lowest BCUT2D eigenvalue weighted by molar-refractivity contribution is 0.0108. The van der Waals surface area contributed by atoms with Gasteiger partial charge in [-0.15, -0.1) is 0 Å². The van der Waals surface area contributed by atoms with Crippen LogP contribution in [0.2, 0.25) is 0 Å².